The fraction of sp³-hybridized carbons (Fsp3) is 0.200. The summed E-state index contributed by atoms with van der Waals surface area (Å²) < 4.78 is 44.9. The number of benzene rings is 2. The van der Waals surface area contributed by atoms with Crippen LogP contribution in [0.3, 0.4) is 0 Å². The number of hydrogen-bond donors (Lipinski definition) is 0. The second kappa shape index (κ2) is 9.37. The number of halogens is 2. The minimum absolute atomic E-state index is 0.0277. The molecule has 0 unspecified atom stereocenters. The molecule has 2 aromatic carbocycles. The van der Waals surface area contributed by atoms with Crippen molar-refractivity contribution in [2.45, 2.75) is 6.61 Å². The Labute approximate surface area is 160 Å². The molecule has 0 heterocycles. The molecule has 0 saturated carbocycles. The van der Waals surface area contributed by atoms with Gasteiger partial charge in [0.1, 0.15) is 17.4 Å². The van der Waals surface area contributed by atoms with Crippen LogP contribution in [0.2, 0.25) is 0 Å². The standard InChI is InChI=1S/C20H17F2NO5/c1-25-15-6-4-13(5-7-15)18(24)14(11-23)8-12-9-16(26-2)19(28-20(21)22)17(10-12)27-3/h4-10,20H,1-3H3/b14-8+. The van der Waals surface area contributed by atoms with E-state index < -0.39 is 12.4 Å². The van der Waals surface area contributed by atoms with E-state index in [2.05, 4.69) is 4.74 Å². The van der Waals surface area contributed by atoms with Gasteiger partial charge in [0, 0.05) is 5.56 Å². The quantitative estimate of drug-likeness (QED) is 0.384. The van der Waals surface area contributed by atoms with E-state index in [4.69, 9.17) is 14.2 Å². The van der Waals surface area contributed by atoms with Crippen LogP contribution < -0.4 is 18.9 Å². The number of carbonyl (C=O) groups is 1. The predicted molar refractivity (Wildman–Crippen MR) is 97.1 cm³/mol. The molecule has 0 N–H and O–H groups in total. The van der Waals surface area contributed by atoms with Crippen molar-refractivity contribution in [1.29, 1.82) is 5.26 Å². The van der Waals surface area contributed by atoms with Crippen molar-refractivity contribution in [2.75, 3.05) is 21.3 Å². The van der Waals surface area contributed by atoms with E-state index in [9.17, 15) is 18.8 Å². The smallest absolute Gasteiger partial charge is 0.387 e. The highest BCUT2D eigenvalue weighted by Gasteiger charge is 2.19. The molecular formula is C20H17F2NO5. The summed E-state index contributed by atoms with van der Waals surface area (Å²) in [6.45, 7) is -3.07. The maximum atomic E-state index is 12.6. The number of methoxy groups -OCH3 is 3. The van der Waals surface area contributed by atoms with E-state index in [0.29, 0.717) is 16.9 Å². The molecular weight excluding hydrogens is 372 g/mol. The number of rotatable bonds is 8. The zero-order valence-electron chi connectivity index (χ0n) is 15.4. The van der Waals surface area contributed by atoms with E-state index in [1.165, 1.54) is 51.7 Å². The van der Waals surface area contributed by atoms with Crippen LogP contribution >= 0.6 is 0 Å². The lowest BCUT2D eigenvalue weighted by atomic mass is 10.0. The number of allylic oxidation sites excluding steroid dienone is 1. The molecule has 0 amide bonds. The Bertz CT molecular complexity index is 892. The van der Waals surface area contributed by atoms with Crippen molar-refractivity contribution < 1.29 is 32.5 Å². The van der Waals surface area contributed by atoms with E-state index in [1.54, 1.807) is 12.1 Å². The number of alkyl halides is 2. The van der Waals surface area contributed by atoms with Gasteiger partial charge in [-0.15, -0.1) is 0 Å². The van der Waals surface area contributed by atoms with Gasteiger partial charge in [0.15, 0.2) is 11.5 Å². The largest absolute Gasteiger partial charge is 0.497 e. The third-order valence-electron chi connectivity index (χ3n) is 3.72. The Balaban J connectivity index is 2.45. The molecule has 0 aliphatic heterocycles. The first-order valence-electron chi connectivity index (χ1n) is 7.94. The van der Waals surface area contributed by atoms with Crippen molar-refractivity contribution in [2.24, 2.45) is 0 Å². The number of hydrogen-bond acceptors (Lipinski definition) is 6. The van der Waals surface area contributed by atoms with E-state index in [-0.39, 0.29) is 22.8 Å². The number of ether oxygens (including phenoxy) is 4. The maximum Gasteiger partial charge on any atom is 0.387 e. The molecule has 28 heavy (non-hydrogen) atoms. The molecule has 0 bridgehead atoms. The molecule has 146 valence electrons. The summed E-state index contributed by atoms with van der Waals surface area (Å²) >= 11 is 0. The summed E-state index contributed by atoms with van der Waals surface area (Å²) in [5.74, 6) is -0.267. The second-order valence-corrected chi connectivity index (χ2v) is 5.36. The predicted octanol–water partition coefficient (Wildman–Crippen LogP) is 4.10. The van der Waals surface area contributed by atoms with Crippen LogP contribution in [-0.2, 0) is 0 Å². The molecule has 0 aliphatic carbocycles. The van der Waals surface area contributed by atoms with Gasteiger partial charge in [0.05, 0.1) is 21.3 Å². The first-order chi connectivity index (χ1) is 13.4. The SMILES string of the molecule is COc1ccc(C(=O)/C(C#N)=C/c2cc(OC)c(OC(F)F)c(OC)c2)cc1. The Hall–Kier alpha value is -3.60. The van der Waals surface area contributed by atoms with Gasteiger partial charge in [-0.1, -0.05) is 0 Å². The van der Waals surface area contributed by atoms with Crippen LogP contribution in [0, 0.1) is 11.3 Å². The number of carbonyl (C=O) groups excluding carboxylic acids is 1. The van der Waals surface area contributed by atoms with Crippen molar-refractivity contribution in [3.63, 3.8) is 0 Å². The molecule has 0 aliphatic rings. The lowest BCUT2D eigenvalue weighted by molar-refractivity contribution is -0.0526. The molecule has 2 rings (SSSR count). The van der Waals surface area contributed by atoms with E-state index in [1.807, 2.05) is 6.07 Å². The highest BCUT2D eigenvalue weighted by atomic mass is 19.3. The van der Waals surface area contributed by atoms with Crippen LogP contribution in [0.15, 0.2) is 42.0 Å². The van der Waals surface area contributed by atoms with Gasteiger partial charge >= 0.3 is 6.61 Å². The summed E-state index contributed by atoms with van der Waals surface area (Å²) in [6.07, 6.45) is 1.31. The first-order valence-corrected chi connectivity index (χ1v) is 7.94. The fourth-order valence-corrected chi connectivity index (χ4v) is 2.40. The molecule has 0 spiro atoms. The zero-order chi connectivity index (χ0) is 20.7. The third-order valence-corrected chi connectivity index (χ3v) is 3.72. The van der Waals surface area contributed by atoms with Crippen LogP contribution in [-0.4, -0.2) is 33.7 Å². The number of Topliss-reactive ketones (excluding diaryl/α,β-unsaturated/α-hetero) is 1. The lowest BCUT2D eigenvalue weighted by Crippen LogP contribution is -2.06. The summed E-state index contributed by atoms with van der Waals surface area (Å²) in [5.41, 5.74) is 0.482. The molecule has 6 nitrogen and oxygen atoms in total. The summed E-state index contributed by atoms with van der Waals surface area (Å²) in [4.78, 5) is 12.6. The molecule has 0 radical (unpaired) electrons. The van der Waals surface area contributed by atoms with Gasteiger partial charge in [0.25, 0.3) is 0 Å². The highest BCUT2D eigenvalue weighted by Crippen LogP contribution is 2.40. The minimum Gasteiger partial charge on any atom is -0.497 e. The van der Waals surface area contributed by atoms with E-state index >= 15 is 0 Å². The van der Waals surface area contributed by atoms with Crippen LogP contribution in [0.1, 0.15) is 15.9 Å². The second-order valence-electron chi connectivity index (χ2n) is 5.36. The van der Waals surface area contributed by atoms with Crippen molar-refractivity contribution in [3.8, 4) is 29.1 Å². The van der Waals surface area contributed by atoms with Gasteiger partial charge in [-0.2, -0.15) is 14.0 Å². The Morgan fingerprint density at radius 3 is 2.04 bits per heavy atom. The number of nitrogens with zero attached hydrogens (tertiary/aromatic N) is 1. The average Bonchev–Trinajstić information content (AvgIpc) is 2.71. The van der Waals surface area contributed by atoms with Crippen LogP contribution in [0.25, 0.3) is 6.08 Å². The van der Waals surface area contributed by atoms with Crippen molar-refractivity contribution >= 4 is 11.9 Å². The summed E-state index contributed by atoms with van der Waals surface area (Å²) in [6, 6.07) is 10.8. The molecule has 0 atom stereocenters. The van der Waals surface area contributed by atoms with Gasteiger partial charge in [0.2, 0.25) is 11.5 Å². The normalized spacial score (nSPS) is 11.0. The number of ketones is 1. The minimum atomic E-state index is -3.07. The monoisotopic (exact) mass is 389 g/mol. The lowest BCUT2D eigenvalue weighted by Gasteiger charge is -2.14. The van der Waals surface area contributed by atoms with Gasteiger partial charge < -0.3 is 18.9 Å². The number of nitriles is 1. The zero-order valence-corrected chi connectivity index (χ0v) is 15.4. The Kier molecular flexibility index (Phi) is 6.93. The molecule has 0 saturated heterocycles. The van der Waals surface area contributed by atoms with E-state index in [0.717, 1.165) is 0 Å². The molecule has 0 fully saturated rings. The van der Waals surface area contributed by atoms with Crippen LogP contribution in [0.4, 0.5) is 8.78 Å². The summed E-state index contributed by atoms with van der Waals surface area (Å²) in [7, 11) is 4.04. The van der Waals surface area contributed by atoms with Crippen molar-refractivity contribution in [1.82, 2.24) is 0 Å². The van der Waals surface area contributed by atoms with Gasteiger partial charge in [-0.05, 0) is 48.0 Å². The maximum absolute atomic E-state index is 12.6. The topological polar surface area (TPSA) is 77.8 Å². The summed E-state index contributed by atoms with van der Waals surface area (Å²) in [5, 5.41) is 9.40. The Morgan fingerprint density at radius 2 is 1.61 bits per heavy atom. The van der Waals surface area contributed by atoms with Crippen LogP contribution in [0.5, 0.6) is 23.0 Å². The van der Waals surface area contributed by atoms with Gasteiger partial charge in [-0.3, -0.25) is 4.79 Å². The third kappa shape index (κ3) is 4.76. The first kappa shape index (κ1) is 20.7. The Morgan fingerprint density at radius 1 is 1.04 bits per heavy atom. The molecule has 0 aromatic heterocycles. The van der Waals surface area contributed by atoms with Crippen molar-refractivity contribution in [3.05, 3.63) is 53.1 Å². The molecule has 2 aromatic rings. The fourth-order valence-electron chi connectivity index (χ4n) is 2.40. The average molecular weight is 389 g/mol. The molecule has 8 heteroatoms. The highest BCUT2D eigenvalue weighted by molar-refractivity contribution is 6.14. The van der Waals surface area contributed by atoms with Gasteiger partial charge in [-0.25, -0.2) is 0 Å².